The third-order valence-corrected chi connectivity index (χ3v) is 4.52. The maximum atomic E-state index is 3.92. The molecule has 0 nitrogen and oxygen atoms in total. The molecule has 18 heavy (non-hydrogen) atoms. The van der Waals surface area contributed by atoms with Gasteiger partial charge in [0.25, 0.3) is 0 Å². The molecule has 0 aromatic heterocycles. The molecule has 0 heteroatoms. The van der Waals surface area contributed by atoms with Gasteiger partial charge in [0, 0.05) is 0 Å². The summed E-state index contributed by atoms with van der Waals surface area (Å²) in [5, 5.41) is 0. The first kappa shape index (κ1) is 17.7. The Morgan fingerprint density at radius 3 is 2.11 bits per heavy atom. The zero-order valence-electron chi connectivity index (χ0n) is 13.4. The summed E-state index contributed by atoms with van der Waals surface area (Å²) in [6.45, 7) is 13.2. The van der Waals surface area contributed by atoms with Crippen molar-refractivity contribution in [3.05, 3.63) is 12.7 Å². The van der Waals surface area contributed by atoms with Crippen LogP contribution in [0.15, 0.2) is 12.7 Å². The van der Waals surface area contributed by atoms with Crippen molar-refractivity contribution in [3.8, 4) is 0 Å². The SMILES string of the molecule is C=CC(C)C(C)CC(CC)CCCCCCCC. The second-order valence-electron chi connectivity index (χ2n) is 6.14. The van der Waals surface area contributed by atoms with Gasteiger partial charge in [0.1, 0.15) is 0 Å². The van der Waals surface area contributed by atoms with Crippen molar-refractivity contribution >= 4 is 0 Å². The van der Waals surface area contributed by atoms with E-state index in [9.17, 15) is 0 Å². The average molecular weight is 252 g/mol. The fraction of sp³-hybridized carbons (Fsp3) is 0.889. The van der Waals surface area contributed by atoms with Crippen LogP contribution < -0.4 is 0 Å². The Morgan fingerprint density at radius 1 is 0.944 bits per heavy atom. The summed E-state index contributed by atoms with van der Waals surface area (Å²) < 4.78 is 0. The molecule has 0 aliphatic rings. The standard InChI is InChI=1S/C18H36/c1-6-9-10-11-12-13-14-18(8-3)15-17(5)16(4)7-2/h7,16-18H,2,6,8-15H2,1,3-5H3. The number of hydrogen-bond acceptors (Lipinski definition) is 0. The van der Waals surface area contributed by atoms with Gasteiger partial charge in [-0.05, 0) is 24.2 Å². The van der Waals surface area contributed by atoms with Gasteiger partial charge in [0.05, 0.1) is 0 Å². The van der Waals surface area contributed by atoms with Crippen LogP contribution in [0.4, 0.5) is 0 Å². The third-order valence-electron chi connectivity index (χ3n) is 4.52. The Balaban J connectivity index is 3.66. The molecule has 0 aliphatic heterocycles. The van der Waals surface area contributed by atoms with Gasteiger partial charge in [-0.25, -0.2) is 0 Å². The third kappa shape index (κ3) is 8.78. The maximum absolute atomic E-state index is 3.92. The van der Waals surface area contributed by atoms with Crippen LogP contribution in [0.25, 0.3) is 0 Å². The summed E-state index contributed by atoms with van der Waals surface area (Å²) in [5.41, 5.74) is 0. The molecule has 0 bridgehead atoms. The number of rotatable bonds is 12. The lowest BCUT2D eigenvalue weighted by Gasteiger charge is -2.22. The van der Waals surface area contributed by atoms with Crippen LogP contribution in [0.2, 0.25) is 0 Å². The maximum Gasteiger partial charge on any atom is -0.0239 e. The van der Waals surface area contributed by atoms with E-state index in [0.29, 0.717) is 5.92 Å². The number of allylic oxidation sites excluding steroid dienone is 1. The molecule has 0 spiro atoms. The Hall–Kier alpha value is -0.260. The van der Waals surface area contributed by atoms with E-state index < -0.39 is 0 Å². The van der Waals surface area contributed by atoms with Crippen LogP contribution in [0.3, 0.4) is 0 Å². The molecular formula is C18H36. The Morgan fingerprint density at radius 2 is 1.56 bits per heavy atom. The van der Waals surface area contributed by atoms with E-state index in [1.54, 1.807) is 0 Å². The fourth-order valence-corrected chi connectivity index (χ4v) is 2.67. The van der Waals surface area contributed by atoms with Crippen molar-refractivity contribution in [2.45, 2.75) is 85.5 Å². The summed E-state index contributed by atoms with van der Waals surface area (Å²) in [6, 6.07) is 0. The van der Waals surface area contributed by atoms with Crippen LogP contribution in [0.1, 0.15) is 85.5 Å². The summed E-state index contributed by atoms with van der Waals surface area (Å²) >= 11 is 0. The van der Waals surface area contributed by atoms with E-state index in [1.807, 2.05) is 0 Å². The van der Waals surface area contributed by atoms with Crippen LogP contribution in [-0.4, -0.2) is 0 Å². The molecule has 0 aliphatic carbocycles. The van der Waals surface area contributed by atoms with Gasteiger partial charge in [-0.2, -0.15) is 0 Å². The minimum absolute atomic E-state index is 0.670. The average Bonchev–Trinajstić information content (AvgIpc) is 2.39. The van der Waals surface area contributed by atoms with E-state index in [1.165, 1.54) is 57.8 Å². The van der Waals surface area contributed by atoms with E-state index >= 15 is 0 Å². The fourth-order valence-electron chi connectivity index (χ4n) is 2.67. The topological polar surface area (TPSA) is 0 Å². The van der Waals surface area contributed by atoms with E-state index in [-0.39, 0.29) is 0 Å². The van der Waals surface area contributed by atoms with Gasteiger partial charge >= 0.3 is 0 Å². The largest absolute Gasteiger partial charge is 0.103 e. The van der Waals surface area contributed by atoms with E-state index in [0.717, 1.165) is 11.8 Å². The minimum Gasteiger partial charge on any atom is -0.103 e. The minimum atomic E-state index is 0.670. The molecule has 0 aromatic carbocycles. The highest BCUT2D eigenvalue weighted by Crippen LogP contribution is 2.26. The van der Waals surface area contributed by atoms with Crippen molar-refractivity contribution in [1.29, 1.82) is 0 Å². The van der Waals surface area contributed by atoms with Gasteiger partial charge in [-0.15, -0.1) is 6.58 Å². The molecule has 0 radical (unpaired) electrons. The molecule has 0 fully saturated rings. The second kappa shape index (κ2) is 11.8. The predicted octanol–water partition coefficient (Wildman–Crippen LogP) is 6.61. The smallest absolute Gasteiger partial charge is 0.0239 e. The Bertz CT molecular complexity index is 182. The normalized spacial score (nSPS) is 16.2. The predicted molar refractivity (Wildman–Crippen MR) is 84.9 cm³/mol. The summed E-state index contributed by atoms with van der Waals surface area (Å²) in [6.07, 6.45) is 14.8. The van der Waals surface area contributed by atoms with Crippen molar-refractivity contribution < 1.29 is 0 Å². The number of unbranched alkanes of at least 4 members (excludes halogenated alkanes) is 5. The number of hydrogen-bond donors (Lipinski definition) is 0. The van der Waals surface area contributed by atoms with Crippen LogP contribution in [0, 0.1) is 17.8 Å². The zero-order valence-corrected chi connectivity index (χ0v) is 13.4. The molecule has 0 saturated heterocycles. The molecule has 0 N–H and O–H groups in total. The van der Waals surface area contributed by atoms with Crippen molar-refractivity contribution in [3.63, 3.8) is 0 Å². The molecule has 0 heterocycles. The van der Waals surface area contributed by atoms with Crippen molar-refractivity contribution in [1.82, 2.24) is 0 Å². The van der Waals surface area contributed by atoms with Gasteiger partial charge in [-0.3, -0.25) is 0 Å². The highest BCUT2D eigenvalue weighted by molar-refractivity contribution is 4.80. The van der Waals surface area contributed by atoms with Crippen LogP contribution in [-0.2, 0) is 0 Å². The summed E-state index contributed by atoms with van der Waals surface area (Å²) in [7, 11) is 0. The zero-order chi connectivity index (χ0) is 13.8. The first-order valence-corrected chi connectivity index (χ1v) is 8.28. The van der Waals surface area contributed by atoms with Gasteiger partial charge in [0.15, 0.2) is 0 Å². The lowest BCUT2D eigenvalue weighted by Crippen LogP contribution is -2.11. The highest BCUT2D eigenvalue weighted by atomic mass is 14.2. The molecule has 0 rings (SSSR count). The van der Waals surface area contributed by atoms with Gasteiger partial charge in [0.2, 0.25) is 0 Å². The first-order valence-electron chi connectivity index (χ1n) is 8.28. The summed E-state index contributed by atoms with van der Waals surface area (Å²) in [5.74, 6) is 2.41. The quantitative estimate of drug-likeness (QED) is 0.271. The first-order chi connectivity index (χ1) is 8.65. The van der Waals surface area contributed by atoms with Gasteiger partial charge < -0.3 is 0 Å². The van der Waals surface area contributed by atoms with Crippen molar-refractivity contribution in [2.24, 2.45) is 17.8 Å². The van der Waals surface area contributed by atoms with Crippen LogP contribution in [0.5, 0.6) is 0 Å². The lowest BCUT2D eigenvalue weighted by molar-refractivity contribution is 0.311. The summed E-state index contributed by atoms with van der Waals surface area (Å²) in [4.78, 5) is 0. The molecule has 0 aromatic rings. The van der Waals surface area contributed by atoms with Crippen LogP contribution >= 0.6 is 0 Å². The molecule has 3 atom stereocenters. The second-order valence-corrected chi connectivity index (χ2v) is 6.14. The van der Waals surface area contributed by atoms with Crippen molar-refractivity contribution in [2.75, 3.05) is 0 Å². The Kier molecular flexibility index (Phi) is 11.6. The molecule has 3 unspecified atom stereocenters. The van der Waals surface area contributed by atoms with Gasteiger partial charge in [-0.1, -0.05) is 85.1 Å². The molecule has 0 amide bonds. The molecular weight excluding hydrogens is 216 g/mol. The monoisotopic (exact) mass is 252 g/mol. The highest BCUT2D eigenvalue weighted by Gasteiger charge is 2.14. The lowest BCUT2D eigenvalue weighted by atomic mass is 9.83. The van der Waals surface area contributed by atoms with E-state index in [4.69, 9.17) is 0 Å². The Labute approximate surface area is 116 Å². The molecule has 0 saturated carbocycles. The molecule has 108 valence electrons. The van der Waals surface area contributed by atoms with E-state index in [2.05, 4.69) is 40.3 Å².